The summed E-state index contributed by atoms with van der Waals surface area (Å²) in [5.41, 5.74) is 8.29. The Morgan fingerprint density at radius 2 is 2.05 bits per heavy atom. The summed E-state index contributed by atoms with van der Waals surface area (Å²) in [6, 6.07) is 5.71. The summed E-state index contributed by atoms with van der Waals surface area (Å²) in [6.07, 6.45) is 9.17. The van der Waals surface area contributed by atoms with Gasteiger partial charge in [-0.25, -0.2) is 4.98 Å². The number of hydrogen-bond acceptors (Lipinski definition) is 3. The van der Waals surface area contributed by atoms with Crippen LogP contribution in [0.15, 0.2) is 22.6 Å². The van der Waals surface area contributed by atoms with E-state index in [9.17, 15) is 0 Å². The van der Waals surface area contributed by atoms with Crippen LogP contribution < -0.4 is 5.73 Å². The van der Waals surface area contributed by atoms with Gasteiger partial charge in [-0.3, -0.25) is 0 Å². The fourth-order valence-electron chi connectivity index (χ4n) is 3.32. The SMILES string of the molecule is CCCCC1CCC(c2nc3ccc(N)cc3o2)CC1. The molecule has 2 aromatic rings. The van der Waals surface area contributed by atoms with Gasteiger partial charge in [0, 0.05) is 17.7 Å². The maximum atomic E-state index is 5.91. The summed E-state index contributed by atoms with van der Waals surface area (Å²) in [5.74, 6) is 2.34. The van der Waals surface area contributed by atoms with Crippen LogP contribution in [0.25, 0.3) is 11.1 Å². The second kappa shape index (κ2) is 5.86. The van der Waals surface area contributed by atoms with Crippen LogP contribution >= 0.6 is 0 Å². The van der Waals surface area contributed by atoms with Crippen molar-refractivity contribution in [3.05, 3.63) is 24.1 Å². The Labute approximate surface area is 120 Å². The van der Waals surface area contributed by atoms with Crippen molar-refractivity contribution in [3.63, 3.8) is 0 Å². The largest absolute Gasteiger partial charge is 0.440 e. The van der Waals surface area contributed by atoms with E-state index in [0.717, 1.165) is 28.6 Å². The van der Waals surface area contributed by atoms with Crippen LogP contribution in [0, 0.1) is 5.92 Å². The Morgan fingerprint density at radius 1 is 1.25 bits per heavy atom. The van der Waals surface area contributed by atoms with Crippen LogP contribution in [0.4, 0.5) is 5.69 Å². The van der Waals surface area contributed by atoms with E-state index >= 15 is 0 Å². The summed E-state index contributed by atoms with van der Waals surface area (Å²) < 4.78 is 5.91. The molecule has 0 amide bonds. The molecule has 0 unspecified atom stereocenters. The zero-order valence-corrected chi connectivity index (χ0v) is 12.3. The number of nitrogen functional groups attached to an aromatic ring is 1. The first-order valence-electron chi connectivity index (χ1n) is 7.92. The first-order chi connectivity index (χ1) is 9.76. The van der Waals surface area contributed by atoms with Crippen LogP contribution in [0.1, 0.15) is 63.7 Å². The topological polar surface area (TPSA) is 52.0 Å². The Bertz CT molecular complexity index is 567. The number of nitrogens with zero attached hydrogens (tertiary/aromatic N) is 1. The van der Waals surface area contributed by atoms with Crippen LogP contribution in [-0.4, -0.2) is 4.98 Å². The number of benzene rings is 1. The fraction of sp³-hybridized carbons (Fsp3) is 0.588. The van der Waals surface area contributed by atoms with Gasteiger partial charge >= 0.3 is 0 Å². The molecule has 2 N–H and O–H groups in total. The van der Waals surface area contributed by atoms with Gasteiger partial charge in [-0.2, -0.15) is 0 Å². The monoisotopic (exact) mass is 272 g/mol. The highest BCUT2D eigenvalue weighted by Gasteiger charge is 2.25. The lowest BCUT2D eigenvalue weighted by molar-refractivity contribution is 0.280. The van der Waals surface area contributed by atoms with Crippen LogP contribution in [0.3, 0.4) is 0 Å². The first-order valence-corrected chi connectivity index (χ1v) is 7.92. The molecule has 108 valence electrons. The van der Waals surface area contributed by atoms with Crippen molar-refractivity contribution in [2.45, 2.75) is 57.8 Å². The predicted molar refractivity (Wildman–Crippen MR) is 82.6 cm³/mol. The van der Waals surface area contributed by atoms with E-state index < -0.39 is 0 Å². The van der Waals surface area contributed by atoms with Gasteiger partial charge in [0.25, 0.3) is 0 Å². The molecule has 1 heterocycles. The molecule has 3 nitrogen and oxygen atoms in total. The third kappa shape index (κ3) is 2.82. The molecule has 0 saturated heterocycles. The minimum atomic E-state index is 0.501. The van der Waals surface area contributed by atoms with Crippen molar-refractivity contribution >= 4 is 16.8 Å². The number of unbranched alkanes of at least 4 members (excludes halogenated alkanes) is 1. The molecule has 0 aliphatic heterocycles. The highest BCUT2D eigenvalue weighted by Crippen LogP contribution is 2.38. The summed E-state index contributed by atoms with van der Waals surface area (Å²) in [6.45, 7) is 2.27. The van der Waals surface area contributed by atoms with Crippen molar-refractivity contribution in [3.8, 4) is 0 Å². The number of nitrogens with two attached hydrogens (primary N) is 1. The normalized spacial score (nSPS) is 23.2. The summed E-state index contributed by atoms with van der Waals surface area (Å²) in [7, 11) is 0. The molecule has 1 saturated carbocycles. The van der Waals surface area contributed by atoms with Crippen molar-refractivity contribution in [2.75, 3.05) is 5.73 Å². The first kappa shape index (κ1) is 13.5. The molecule has 1 aromatic heterocycles. The van der Waals surface area contributed by atoms with Crippen molar-refractivity contribution in [1.82, 2.24) is 4.98 Å². The van der Waals surface area contributed by atoms with E-state index in [2.05, 4.69) is 11.9 Å². The second-order valence-electron chi connectivity index (χ2n) is 6.14. The van der Waals surface area contributed by atoms with Crippen molar-refractivity contribution in [1.29, 1.82) is 0 Å². The van der Waals surface area contributed by atoms with Crippen LogP contribution in [0.5, 0.6) is 0 Å². The third-order valence-electron chi connectivity index (χ3n) is 4.59. The smallest absolute Gasteiger partial charge is 0.198 e. The second-order valence-corrected chi connectivity index (χ2v) is 6.14. The van der Waals surface area contributed by atoms with E-state index in [1.165, 1.54) is 44.9 Å². The molecule has 20 heavy (non-hydrogen) atoms. The number of anilines is 1. The molecule has 1 aliphatic rings. The molecule has 0 atom stereocenters. The van der Waals surface area contributed by atoms with Crippen LogP contribution in [0.2, 0.25) is 0 Å². The maximum Gasteiger partial charge on any atom is 0.198 e. The van der Waals surface area contributed by atoms with E-state index in [0.29, 0.717) is 5.92 Å². The number of rotatable bonds is 4. The Balaban J connectivity index is 1.67. The molecule has 1 fully saturated rings. The minimum absolute atomic E-state index is 0.501. The van der Waals surface area contributed by atoms with E-state index in [1.54, 1.807) is 0 Å². The Kier molecular flexibility index (Phi) is 3.95. The number of oxazole rings is 1. The Morgan fingerprint density at radius 3 is 2.80 bits per heavy atom. The van der Waals surface area contributed by atoms with Gasteiger partial charge < -0.3 is 10.2 Å². The molecular weight excluding hydrogens is 248 g/mol. The Hall–Kier alpha value is -1.51. The molecule has 0 radical (unpaired) electrons. The molecule has 3 rings (SSSR count). The number of aromatic nitrogens is 1. The predicted octanol–water partition coefficient (Wildman–Crippen LogP) is 4.87. The summed E-state index contributed by atoms with van der Waals surface area (Å²) >= 11 is 0. The molecule has 0 spiro atoms. The zero-order valence-electron chi connectivity index (χ0n) is 12.3. The lowest BCUT2D eigenvalue weighted by atomic mass is 9.80. The van der Waals surface area contributed by atoms with E-state index in [1.807, 2.05) is 18.2 Å². The maximum absolute atomic E-state index is 5.91. The van der Waals surface area contributed by atoms with Gasteiger partial charge in [-0.05, 0) is 43.7 Å². The van der Waals surface area contributed by atoms with Crippen LogP contribution in [-0.2, 0) is 0 Å². The highest BCUT2D eigenvalue weighted by atomic mass is 16.3. The van der Waals surface area contributed by atoms with Crippen molar-refractivity contribution in [2.24, 2.45) is 5.92 Å². The van der Waals surface area contributed by atoms with Gasteiger partial charge in [-0.15, -0.1) is 0 Å². The van der Waals surface area contributed by atoms with Gasteiger partial charge in [0.05, 0.1) is 0 Å². The molecule has 1 aliphatic carbocycles. The molecule has 3 heteroatoms. The van der Waals surface area contributed by atoms with E-state index in [4.69, 9.17) is 10.2 Å². The van der Waals surface area contributed by atoms with Gasteiger partial charge in [-0.1, -0.05) is 26.2 Å². The lowest BCUT2D eigenvalue weighted by Gasteiger charge is -2.26. The average molecular weight is 272 g/mol. The summed E-state index contributed by atoms with van der Waals surface area (Å²) in [4.78, 5) is 4.64. The van der Waals surface area contributed by atoms with Crippen molar-refractivity contribution < 1.29 is 4.42 Å². The number of hydrogen-bond donors (Lipinski definition) is 1. The quantitative estimate of drug-likeness (QED) is 0.807. The van der Waals surface area contributed by atoms with Gasteiger partial charge in [0.1, 0.15) is 5.52 Å². The zero-order chi connectivity index (χ0) is 13.9. The minimum Gasteiger partial charge on any atom is -0.440 e. The van der Waals surface area contributed by atoms with Gasteiger partial charge in [0.15, 0.2) is 11.5 Å². The molecule has 0 bridgehead atoms. The molecule has 1 aromatic carbocycles. The number of fused-ring (bicyclic) bond motifs is 1. The van der Waals surface area contributed by atoms with Gasteiger partial charge in [0.2, 0.25) is 0 Å². The lowest BCUT2D eigenvalue weighted by Crippen LogP contribution is -2.13. The third-order valence-corrected chi connectivity index (χ3v) is 4.59. The molecular formula is C17H24N2O. The standard InChI is InChI=1S/C17H24N2O/c1-2-3-4-12-5-7-13(8-6-12)17-19-15-10-9-14(18)11-16(15)20-17/h9-13H,2-8,18H2,1H3. The highest BCUT2D eigenvalue weighted by molar-refractivity contribution is 5.76. The fourth-order valence-corrected chi connectivity index (χ4v) is 3.32. The average Bonchev–Trinajstić information content (AvgIpc) is 2.88. The summed E-state index contributed by atoms with van der Waals surface area (Å²) in [5, 5.41) is 0. The van der Waals surface area contributed by atoms with E-state index in [-0.39, 0.29) is 0 Å².